The van der Waals surface area contributed by atoms with E-state index in [1.54, 1.807) is 36.4 Å². The molecule has 0 unspecified atom stereocenters. The summed E-state index contributed by atoms with van der Waals surface area (Å²) >= 11 is 0. The summed E-state index contributed by atoms with van der Waals surface area (Å²) in [5.74, 6) is 0.322. The van der Waals surface area contributed by atoms with Crippen molar-refractivity contribution in [2.75, 3.05) is 24.0 Å². The van der Waals surface area contributed by atoms with Gasteiger partial charge in [-0.25, -0.2) is 8.42 Å². The van der Waals surface area contributed by atoms with Crippen molar-refractivity contribution >= 4 is 32.4 Å². The largest absolute Gasteiger partial charge is 0.491 e. The van der Waals surface area contributed by atoms with Gasteiger partial charge < -0.3 is 10.1 Å². The van der Waals surface area contributed by atoms with Crippen LogP contribution in [0.2, 0.25) is 0 Å². The zero-order valence-corrected chi connectivity index (χ0v) is 19.7. The van der Waals surface area contributed by atoms with Gasteiger partial charge >= 0.3 is 0 Å². The van der Waals surface area contributed by atoms with Crippen LogP contribution in [0, 0.1) is 6.92 Å². The van der Waals surface area contributed by atoms with Gasteiger partial charge in [-0.05, 0) is 48.2 Å². The molecule has 1 N–H and O–H groups in total. The number of amides is 1. The lowest BCUT2D eigenvalue weighted by Crippen LogP contribution is -2.42. The molecule has 4 aromatic carbocycles. The molecule has 0 aromatic heterocycles. The zero-order chi connectivity index (χ0) is 24.0. The second kappa shape index (κ2) is 10.4. The number of anilines is 1. The lowest BCUT2D eigenvalue weighted by Gasteiger charge is -2.24. The van der Waals surface area contributed by atoms with Gasteiger partial charge in [0, 0.05) is 5.39 Å². The number of ether oxygens (including phenoxy) is 1. The van der Waals surface area contributed by atoms with E-state index in [1.165, 1.54) is 12.1 Å². The summed E-state index contributed by atoms with van der Waals surface area (Å²) in [5, 5.41) is 4.84. The van der Waals surface area contributed by atoms with Crippen LogP contribution >= 0.6 is 0 Å². The molecule has 0 saturated carbocycles. The minimum atomic E-state index is -3.92. The van der Waals surface area contributed by atoms with Crippen molar-refractivity contribution in [2.24, 2.45) is 0 Å². The van der Waals surface area contributed by atoms with Crippen LogP contribution in [0.4, 0.5) is 5.69 Å². The van der Waals surface area contributed by atoms with Gasteiger partial charge in [-0.2, -0.15) is 0 Å². The predicted molar refractivity (Wildman–Crippen MR) is 135 cm³/mol. The molecule has 0 saturated heterocycles. The number of sulfonamides is 1. The zero-order valence-electron chi connectivity index (χ0n) is 18.8. The molecule has 4 aromatic rings. The molecular formula is C27H26N2O4S. The number of carbonyl (C=O) groups excluding carboxylic acids is 1. The van der Waals surface area contributed by atoms with Gasteiger partial charge in [-0.1, -0.05) is 66.7 Å². The fraction of sp³-hybridized carbons (Fsp3) is 0.148. The topological polar surface area (TPSA) is 75.7 Å². The molecule has 6 nitrogen and oxygen atoms in total. The summed E-state index contributed by atoms with van der Waals surface area (Å²) in [4.78, 5) is 12.9. The highest BCUT2D eigenvalue weighted by molar-refractivity contribution is 7.92. The van der Waals surface area contributed by atoms with Gasteiger partial charge in [-0.15, -0.1) is 0 Å². The molecule has 0 radical (unpaired) electrons. The van der Waals surface area contributed by atoms with E-state index >= 15 is 0 Å². The van der Waals surface area contributed by atoms with Crippen molar-refractivity contribution in [3.8, 4) is 5.75 Å². The number of hydrogen-bond donors (Lipinski definition) is 1. The van der Waals surface area contributed by atoms with Crippen LogP contribution in [0.25, 0.3) is 10.8 Å². The summed E-state index contributed by atoms with van der Waals surface area (Å²) in [5.41, 5.74) is 1.33. The maximum atomic E-state index is 13.3. The molecule has 174 valence electrons. The van der Waals surface area contributed by atoms with Crippen molar-refractivity contribution in [2.45, 2.75) is 11.8 Å². The van der Waals surface area contributed by atoms with Crippen molar-refractivity contribution in [3.05, 3.63) is 103 Å². The maximum absolute atomic E-state index is 13.3. The molecule has 0 aliphatic heterocycles. The SMILES string of the molecule is Cc1cccc(N(CC(=O)NCCOc2cccc3ccccc23)S(=O)(=O)c2ccccc2)c1. The van der Waals surface area contributed by atoms with E-state index in [4.69, 9.17) is 4.74 Å². The smallest absolute Gasteiger partial charge is 0.264 e. The van der Waals surface area contributed by atoms with Crippen LogP contribution in [0.5, 0.6) is 5.75 Å². The Labute approximate surface area is 199 Å². The third kappa shape index (κ3) is 5.38. The number of benzene rings is 4. The second-order valence-corrected chi connectivity index (χ2v) is 9.70. The van der Waals surface area contributed by atoms with E-state index in [9.17, 15) is 13.2 Å². The fourth-order valence-electron chi connectivity index (χ4n) is 3.68. The third-order valence-corrected chi connectivity index (χ3v) is 7.13. The molecule has 0 aliphatic rings. The van der Waals surface area contributed by atoms with Gasteiger partial charge in [0.1, 0.15) is 18.9 Å². The number of hydrogen-bond acceptors (Lipinski definition) is 4. The van der Waals surface area contributed by atoms with Gasteiger partial charge in [0.25, 0.3) is 10.0 Å². The van der Waals surface area contributed by atoms with Crippen molar-refractivity contribution in [3.63, 3.8) is 0 Å². The summed E-state index contributed by atoms with van der Waals surface area (Å²) in [6.45, 7) is 2.04. The lowest BCUT2D eigenvalue weighted by molar-refractivity contribution is -0.119. The molecule has 0 bridgehead atoms. The first kappa shape index (κ1) is 23.3. The van der Waals surface area contributed by atoms with Crippen LogP contribution < -0.4 is 14.4 Å². The first-order valence-corrected chi connectivity index (χ1v) is 12.4. The van der Waals surface area contributed by atoms with Crippen molar-refractivity contribution in [1.29, 1.82) is 0 Å². The van der Waals surface area contributed by atoms with E-state index in [0.717, 1.165) is 26.4 Å². The number of nitrogens with one attached hydrogen (secondary N) is 1. The molecule has 1 amide bonds. The Hall–Kier alpha value is -3.84. The number of aryl methyl sites for hydroxylation is 1. The number of rotatable bonds is 9. The number of nitrogens with zero attached hydrogens (tertiary/aromatic N) is 1. The minimum Gasteiger partial charge on any atom is -0.491 e. The van der Waals surface area contributed by atoms with Crippen molar-refractivity contribution in [1.82, 2.24) is 5.32 Å². The highest BCUT2D eigenvalue weighted by atomic mass is 32.2. The normalized spacial score (nSPS) is 11.2. The summed E-state index contributed by atoms with van der Waals surface area (Å²) in [6, 6.07) is 28.9. The van der Waals surface area contributed by atoms with Crippen LogP contribution in [-0.4, -0.2) is 34.0 Å². The first-order valence-electron chi connectivity index (χ1n) is 11.0. The average Bonchev–Trinajstić information content (AvgIpc) is 2.85. The Morgan fingerprint density at radius 2 is 1.59 bits per heavy atom. The standard InChI is InChI=1S/C27H26N2O4S/c1-21-9-7-12-23(19-21)29(34(31,32)24-13-3-2-4-14-24)20-27(30)28-17-18-33-26-16-8-11-22-10-5-6-15-25(22)26/h2-16,19H,17-18,20H2,1H3,(H,28,30). The van der Waals surface area contributed by atoms with Crippen LogP contribution in [-0.2, 0) is 14.8 Å². The van der Waals surface area contributed by atoms with Crippen molar-refractivity contribution < 1.29 is 17.9 Å². The first-order chi connectivity index (χ1) is 16.4. The number of fused-ring (bicyclic) bond motifs is 1. The molecule has 0 heterocycles. The van der Waals surface area contributed by atoms with Gasteiger partial charge in [0.05, 0.1) is 17.1 Å². The van der Waals surface area contributed by atoms with E-state index < -0.39 is 15.9 Å². The Morgan fingerprint density at radius 1 is 0.882 bits per heavy atom. The molecule has 0 fully saturated rings. The Balaban J connectivity index is 1.44. The van der Waals surface area contributed by atoms with E-state index in [0.29, 0.717) is 5.69 Å². The van der Waals surface area contributed by atoms with Gasteiger partial charge in [0.15, 0.2) is 0 Å². The van der Waals surface area contributed by atoms with Crippen LogP contribution in [0.15, 0.2) is 102 Å². The molecule has 0 aliphatic carbocycles. The quantitative estimate of drug-likeness (QED) is 0.362. The predicted octanol–water partition coefficient (Wildman–Crippen LogP) is 4.54. The highest BCUT2D eigenvalue weighted by Gasteiger charge is 2.27. The highest BCUT2D eigenvalue weighted by Crippen LogP contribution is 2.25. The number of carbonyl (C=O) groups is 1. The minimum absolute atomic E-state index is 0.128. The molecule has 0 atom stereocenters. The Kier molecular flexibility index (Phi) is 7.13. The molecule has 0 spiro atoms. The Morgan fingerprint density at radius 3 is 2.38 bits per heavy atom. The van der Waals surface area contributed by atoms with E-state index in [2.05, 4.69) is 5.32 Å². The van der Waals surface area contributed by atoms with E-state index in [-0.39, 0.29) is 24.6 Å². The molecule has 34 heavy (non-hydrogen) atoms. The fourth-order valence-corrected chi connectivity index (χ4v) is 5.11. The van der Waals surface area contributed by atoms with E-state index in [1.807, 2.05) is 55.5 Å². The average molecular weight is 475 g/mol. The monoisotopic (exact) mass is 474 g/mol. The summed E-state index contributed by atoms with van der Waals surface area (Å²) in [7, 11) is -3.92. The maximum Gasteiger partial charge on any atom is 0.264 e. The lowest BCUT2D eigenvalue weighted by atomic mass is 10.1. The van der Waals surface area contributed by atoms with Gasteiger partial charge in [0.2, 0.25) is 5.91 Å². The molecule has 4 rings (SSSR count). The molecule has 7 heteroatoms. The van der Waals surface area contributed by atoms with Crippen LogP contribution in [0.3, 0.4) is 0 Å². The second-order valence-electron chi connectivity index (χ2n) is 7.84. The van der Waals surface area contributed by atoms with Crippen LogP contribution in [0.1, 0.15) is 5.56 Å². The molecular weight excluding hydrogens is 448 g/mol. The van der Waals surface area contributed by atoms with Gasteiger partial charge in [-0.3, -0.25) is 9.10 Å². The summed E-state index contributed by atoms with van der Waals surface area (Å²) < 4.78 is 33.7. The third-order valence-electron chi connectivity index (χ3n) is 5.34. The Bertz CT molecular complexity index is 1380. The summed E-state index contributed by atoms with van der Waals surface area (Å²) in [6.07, 6.45) is 0.